The summed E-state index contributed by atoms with van der Waals surface area (Å²) in [5.74, 6) is -0.0157. The van der Waals surface area contributed by atoms with Gasteiger partial charge in [-0.1, -0.05) is 18.2 Å². The number of furan rings is 1. The van der Waals surface area contributed by atoms with Gasteiger partial charge >= 0.3 is 6.03 Å². The van der Waals surface area contributed by atoms with Gasteiger partial charge in [-0.25, -0.2) is 9.69 Å². The number of nitrogens with one attached hydrogen (secondary N) is 2. The molecule has 0 spiro atoms. The van der Waals surface area contributed by atoms with Gasteiger partial charge in [-0.05, 0) is 36.4 Å². The first-order valence-corrected chi connectivity index (χ1v) is 8.06. The number of carbonyl (C=O) groups excluding carboxylic acids is 3. The van der Waals surface area contributed by atoms with Gasteiger partial charge in [-0.3, -0.25) is 9.59 Å². The van der Waals surface area contributed by atoms with Gasteiger partial charge in [0.05, 0.1) is 19.1 Å². The number of imide groups is 1. The minimum absolute atomic E-state index is 0.0768. The molecule has 0 unspecified atom stereocenters. The van der Waals surface area contributed by atoms with Crippen LogP contribution < -0.4 is 15.4 Å². The Hall–Kier alpha value is -3.81. The summed E-state index contributed by atoms with van der Waals surface area (Å²) < 4.78 is 10.3. The van der Waals surface area contributed by atoms with Crippen molar-refractivity contribution < 1.29 is 23.5 Å². The number of benzene rings is 1. The van der Waals surface area contributed by atoms with Crippen molar-refractivity contribution in [2.45, 2.75) is 0 Å². The molecular weight excluding hydrogens is 350 g/mol. The van der Waals surface area contributed by atoms with Crippen LogP contribution in [-0.2, 0) is 9.59 Å². The summed E-state index contributed by atoms with van der Waals surface area (Å²) in [6.07, 6.45) is 6.19. The average Bonchev–Trinajstić information content (AvgIpc) is 3.26. The first-order valence-electron chi connectivity index (χ1n) is 8.06. The SMILES string of the molecule is COc1ccccc1NC(=O)CN1C(=O)N/C(=C/C=C/c2ccco2)C1=O. The molecule has 27 heavy (non-hydrogen) atoms. The van der Waals surface area contributed by atoms with Crippen LogP contribution in [0, 0.1) is 0 Å². The molecule has 8 nitrogen and oxygen atoms in total. The number of hydrogen-bond acceptors (Lipinski definition) is 5. The van der Waals surface area contributed by atoms with E-state index in [9.17, 15) is 14.4 Å². The number of nitrogens with zero attached hydrogens (tertiary/aromatic N) is 1. The zero-order valence-electron chi connectivity index (χ0n) is 14.5. The van der Waals surface area contributed by atoms with E-state index in [-0.39, 0.29) is 5.70 Å². The monoisotopic (exact) mass is 367 g/mol. The number of methoxy groups -OCH3 is 1. The van der Waals surface area contributed by atoms with Crippen molar-refractivity contribution in [3.8, 4) is 5.75 Å². The highest BCUT2D eigenvalue weighted by molar-refractivity contribution is 6.14. The standard InChI is InChI=1S/C19H17N3O5/c1-26-16-10-3-2-8-14(16)20-17(23)12-22-18(24)15(21-19(22)25)9-4-6-13-7-5-11-27-13/h2-11H,12H2,1H3,(H,20,23)(H,21,25)/b6-4+,15-9+. The maximum Gasteiger partial charge on any atom is 0.329 e. The quantitative estimate of drug-likeness (QED) is 0.603. The Bertz CT molecular complexity index is 915. The van der Waals surface area contributed by atoms with Crippen LogP contribution in [0.2, 0.25) is 0 Å². The molecule has 1 aliphatic heterocycles. The van der Waals surface area contributed by atoms with Crippen LogP contribution in [0.25, 0.3) is 6.08 Å². The third-order valence-electron chi connectivity index (χ3n) is 3.71. The van der Waals surface area contributed by atoms with Crippen LogP contribution in [0.5, 0.6) is 5.75 Å². The third-order valence-corrected chi connectivity index (χ3v) is 3.71. The van der Waals surface area contributed by atoms with Crippen LogP contribution in [0.1, 0.15) is 5.76 Å². The predicted octanol–water partition coefficient (Wildman–Crippen LogP) is 2.38. The molecule has 0 aliphatic carbocycles. The Morgan fingerprint density at radius 2 is 2.07 bits per heavy atom. The van der Waals surface area contributed by atoms with Crippen molar-refractivity contribution in [2.75, 3.05) is 19.0 Å². The molecule has 2 heterocycles. The molecule has 2 N–H and O–H groups in total. The number of rotatable bonds is 6. The Labute approximate surface area is 155 Å². The van der Waals surface area contributed by atoms with Crippen LogP contribution in [0.4, 0.5) is 10.5 Å². The number of allylic oxidation sites excluding steroid dienone is 2. The fourth-order valence-corrected chi connectivity index (χ4v) is 2.44. The first kappa shape index (κ1) is 18.0. The van der Waals surface area contributed by atoms with Gasteiger partial charge in [0.25, 0.3) is 5.91 Å². The molecule has 1 aromatic carbocycles. The minimum Gasteiger partial charge on any atom is -0.495 e. The molecule has 0 bridgehead atoms. The number of amides is 4. The lowest BCUT2D eigenvalue weighted by atomic mass is 10.3. The Balaban J connectivity index is 1.64. The topological polar surface area (TPSA) is 101 Å². The summed E-state index contributed by atoms with van der Waals surface area (Å²) in [5.41, 5.74) is 0.530. The maximum absolute atomic E-state index is 12.3. The fourth-order valence-electron chi connectivity index (χ4n) is 2.44. The van der Waals surface area contributed by atoms with Crippen molar-refractivity contribution in [1.82, 2.24) is 10.2 Å². The molecular formula is C19H17N3O5. The Kier molecular flexibility index (Phi) is 5.36. The second kappa shape index (κ2) is 8.05. The van der Waals surface area contributed by atoms with E-state index in [1.54, 1.807) is 48.6 Å². The van der Waals surface area contributed by atoms with Gasteiger partial charge in [0.1, 0.15) is 23.8 Å². The summed E-state index contributed by atoms with van der Waals surface area (Å²) in [5, 5.41) is 5.06. The van der Waals surface area contributed by atoms with E-state index in [1.807, 2.05) is 0 Å². The molecule has 138 valence electrons. The second-order valence-corrected chi connectivity index (χ2v) is 5.52. The lowest BCUT2D eigenvalue weighted by Gasteiger charge is -2.13. The second-order valence-electron chi connectivity index (χ2n) is 5.52. The van der Waals surface area contributed by atoms with Crippen molar-refractivity contribution in [3.05, 3.63) is 66.3 Å². The summed E-state index contributed by atoms with van der Waals surface area (Å²) in [6, 6.07) is 9.67. The molecule has 4 amide bonds. The first-order chi connectivity index (χ1) is 13.1. The predicted molar refractivity (Wildman–Crippen MR) is 97.7 cm³/mol. The van der Waals surface area contributed by atoms with Crippen molar-refractivity contribution in [2.24, 2.45) is 0 Å². The van der Waals surface area contributed by atoms with Crippen molar-refractivity contribution in [1.29, 1.82) is 0 Å². The average molecular weight is 367 g/mol. The van der Waals surface area contributed by atoms with Crippen LogP contribution in [0.3, 0.4) is 0 Å². The zero-order valence-corrected chi connectivity index (χ0v) is 14.5. The maximum atomic E-state index is 12.3. The minimum atomic E-state index is -0.659. The van der Waals surface area contributed by atoms with E-state index in [0.717, 1.165) is 4.90 Å². The van der Waals surface area contributed by atoms with E-state index in [4.69, 9.17) is 9.15 Å². The van der Waals surface area contributed by atoms with Crippen molar-refractivity contribution in [3.63, 3.8) is 0 Å². The van der Waals surface area contributed by atoms with E-state index in [2.05, 4.69) is 10.6 Å². The number of anilines is 1. The van der Waals surface area contributed by atoms with Gasteiger partial charge < -0.3 is 19.8 Å². The largest absolute Gasteiger partial charge is 0.495 e. The van der Waals surface area contributed by atoms with Crippen LogP contribution >= 0.6 is 0 Å². The molecule has 0 atom stereocenters. The Morgan fingerprint density at radius 3 is 2.81 bits per heavy atom. The third kappa shape index (κ3) is 4.24. The normalized spacial score (nSPS) is 15.4. The molecule has 1 saturated heterocycles. The summed E-state index contributed by atoms with van der Waals surface area (Å²) >= 11 is 0. The van der Waals surface area contributed by atoms with Crippen LogP contribution in [-0.4, -0.2) is 36.4 Å². The number of ether oxygens (including phenoxy) is 1. The molecule has 1 aliphatic rings. The highest BCUT2D eigenvalue weighted by atomic mass is 16.5. The van der Waals surface area contributed by atoms with Gasteiger partial charge in [0.15, 0.2) is 0 Å². The molecule has 2 aromatic rings. The van der Waals surface area contributed by atoms with E-state index < -0.39 is 24.4 Å². The smallest absolute Gasteiger partial charge is 0.329 e. The highest BCUT2D eigenvalue weighted by Gasteiger charge is 2.34. The van der Waals surface area contributed by atoms with Gasteiger partial charge in [-0.2, -0.15) is 0 Å². The molecule has 0 saturated carbocycles. The number of urea groups is 1. The zero-order chi connectivity index (χ0) is 19.2. The molecule has 3 rings (SSSR count). The molecule has 0 radical (unpaired) electrons. The highest BCUT2D eigenvalue weighted by Crippen LogP contribution is 2.23. The fraction of sp³-hybridized carbons (Fsp3) is 0.105. The van der Waals surface area contributed by atoms with Gasteiger partial charge in [0.2, 0.25) is 5.91 Å². The van der Waals surface area contributed by atoms with E-state index in [1.165, 1.54) is 19.4 Å². The number of hydrogen-bond donors (Lipinski definition) is 2. The molecule has 1 fully saturated rings. The number of para-hydroxylation sites is 2. The summed E-state index contributed by atoms with van der Waals surface area (Å²) in [4.78, 5) is 37.4. The Morgan fingerprint density at radius 1 is 1.26 bits per heavy atom. The van der Waals surface area contributed by atoms with Crippen molar-refractivity contribution >= 4 is 29.6 Å². The lowest BCUT2D eigenvalue weighted by Crippen LogP contribution is -2.38. The van der Waals surface area contributed by atoms with Gasteiger partial charge in [-0.15, -0.1) is 0 Å². The lowest BCUT2D eigenvalue weighted by molar-refractivity contribution is -0.127. The summed E-state index contributed by atoms with van der Waals surface area (Å²) in [7, 11) is 1.48. The van der Waals surface area contributed by atoms with Gasteiger partial charge in [0, 0.05) is 0 Å². The van der Waals surface area contributed by atoms with Crippen LogP contribution in [0.15, 0.2) is 64.9 Å². The van der Waals surface area contributed by atoms with E-state index in [0.29, 0.717) is 17.2 Å². The summed E-state index contributed by atoms with van der Waals surface area (Å²) in [6.45, 7) is -0.415. The molecule has 8 heteroatoms. The molecule has 1 aromatic heterocycles. The van der Waals surface area contributed by atoms with E-state index >= 15 is 0 Å². The number of carbonyl (C=O) groups is 3.